The van der Waals surface area contributed by atoms with Crippen molar-refractivity contribution in [1.82, 2.24) is 0 Å². The number of nitrogens with one attached hydrogen (secondary N) is 1. The molecule has 0 unspecified atom stereocenters. The molecule has 1 amide bonds. The number of hydrogen-bond donors (Lipinski definition) is 2. The van der Waals surface area contributed by atoms with Crippen LogP contribution in [0.1, 0.15) is 22.8 Å². The minimum atomic E-state index is -0.338. The van der Waals surface area contributed by atoms with Crippen LogP contribution in [0.4, 0.5) is 11.4 Å². The lowest BCUT2D eigenvalue weighted by Gasteiger charge is -2.09. The molecule has 0 fully saturated rings. The maximum Gasteiger partial charge on any atom is 0.257 e. The lowest BCUT2D eigenvalue weighted by molar-refractivity contribution is 0.102. The summed E-state index contributed by atoms with van der Waals surface area (Å²) in [5, 5.41) is 13.8. The van der Waals surface area contributed by atoms with Crippen molar-refractivity contribution in [3.05, 3.63) is 80.2 Å². The Bertz CT molecular complexity index is 1100. The van der Waals surface area contributed by atoms with Crippen molar-refractivity contribution in [1.29, 1.82) is 0 Å². The summed E-state index contributed by atoms with van der Waals surface area (Å²) < 4.78 is 6.18. The number of ether oxygens (including phenoxy) is 1. The van der Waals surface area contributed by atoms with Crippen LogP contribution in [-0.2, 0) is 0 Å². The highest BCUT2D eigenvalue weighted by Crippen LogP contribution is 2.33. The molecule has 0 atom stereocenters. The van der Waals surface area contributed by atoms with Crippen LogP contribution in [0.25, 0.3) is 0 Å². The van der Waals surface area contributed by atoms with Crippen molar-refractivity contribution in [2.75, 3.05) is 11.9 Å². The van der Waals surface area contributed by atoms with Gasteiger partial charge in [-0.3, -0.25) is 9.79 Å². The largest absolute Gasteiger partial charge is 0.504 e. The van der Waals surface area contributed by atoms with Gasteiger partial charge in [0, 0.05) is 27.0 Å². The van der Waals surface area contributed by atoms with Gasteiger partial charge in [0.05, 0.1) is 22.9 Å². The second-order valence-electron chi connectivity index (χ2n) is 6.16. The number of anilines is 1. The average Bonchev–Trinajstić information content (AvgIpc) is 2.70. The van der Waals surface area contributed by atoms with Gasteiger partial charge in [0.25, 0.3) is 5.91 Å². The van der Waals surface area contributed by atoms with E-state index in [1.165, 1.54) is 6.07 Å². The molecule has 0 aromatic heterocycles. The van der Waals surface area contributed by atoms with Gasteiger partial charge in [0.1, 0.15) is 0 Å². The van der Waals surface area contributed by atoms with Crippen LogP contribution in [0.2, 0.25) is 10.0 Å². The van der Waals surface area contributed by atoms with Gasteiger partial charge in [-0.25, -0.2) is 0 Å². The number of hydrogen-bond acceptors (Lipinski definition) is 4. The molecule has 30 heavy (non-hydrogen) atoms. The van der Waals surface area contributed by atoms with Gasteiger partial charge in [-0.15, -0.1) is 0 Å². The Kier molecular flexibility index (Phi) is 7.37. The number of phenols is 1. The second kappa shape index (κ2) is 9.98. The van der Waals surface area contributed by atoms with E-state index in [1.807, 2.05) is 6.92 Å². The van der Waals surface area contributed by atoms with E-state index < -0.39 is 0 Å². The molecular formula is C22H17BrCl2N2O3. The summed E-state index contributed by atoms with van der Waals surface area (Å²) in [7, 11) is 0. The fourth-order valence-corrected chi connectivity index (χ4v) is 3.55. The van der Waals surface area contributed by atoms with Gasteiger partial charge < -0.3 is 15.2 Å². The number of nitrogens with zero attached hydrogens (tertiary/aromatic N) is 1. The fourth-order valence-electron chi connectivity index (χ4n) is 2.61. The van der Waals surface area contributed by atoms with E-state index in [0.29, 0.717) is 39.9 Å². The molecule has 0 heterocycles. The molecule has 154 valence electrons. The van der Waals surface area contributed by atoms with Gasteiger partial charge in [-0.2, -0.15) is 0 Å². The van der Waals surface area contributed by atoms with E-state index in [4.69, 9.17) is 27.9 Å². The highest BCUT2D eigenvalue weighted by Gasteiger charge is 2.11. The molecule has 0 spiro atoms. The molecule has 0 saturated carbocycles. The summed E-state index contributed by atoms with van der Waals surface area (Å²) in [5.74, 6) is 0.0650. The molecule has 0 saturated heterocycles. The molecule has 2 N–H and O–H groups in total. The van der Waals surface area contributed by atoms with Crippen molar-refractivity contribution in [2.24, 2.45) is 4.99 Å². The number of carbonyl (C=O) groups is 1. The number of phenolic OH excluding ortho intramolecular Hbond substituents is 1. The standard InChI is InChI=1S/C22H17BrCl2N2O3/c1-2-30-20-10-14(23)9-13(21(20)28)12-26-16-4-6-17(7-5-16)27-22(29)18-8-3-15(24)11-19(18)25/h3-12,28H,2H2,1H3,(H,27,29). The van der Waals surface area contributed by atoms with Gasteiger partial charge in [-0.1, -0.05) is 39.1 Å². The Balaban J connectivity index is 1.72. The van der Waals surface area contributed by atoms with Crippen molar-refractivity contribution in [3.8, 4) is 11.5 Å². The fraction of sp³-hybridized carbons (Fsp3) is 0.0909. The van der Waals surface area contributed by atoms with E-state index in [0.717, 1.165) is 4.47 Å². The second-order valence-corrected chi connectivity index (χ2v) is 7.92. The van der Waals surface area contributed by atoms with Gasteiger partial charge in [0.2, 0.25) is 0 Å². The smallest absolute Gasteiger partial charge is 0.257 e. The number of aliphatic imine (C=N–C) groups is 1. The maximum atomic E-state index is 12.4. The minimum Gasteiger partial charge on any atom is -0.504 e. The molecule has 0 aliphatic heterocycles. The van der Waals surface area contributed by atoms with Crippen LogP contribution in [-0.4, -0.2) is 23.8 Å². The van der Waals surface area contributed by atoms with Crippen LogP contribution in [0.15, 0.2) is 64.1 Å². The van der Waals surface area contributed by atoms with E-state index in [-0.39, 0.29) is 16.7 Å². The molecule has 8 heteroatoms. The molecule has 0 bridgehead atoms. The molecule has 0 aliphatic rings. The molecule has 0 aliphatic carbocycles. The van der Waals surface area contributed by atoms with Crippen molar-refractivity contribution >= 4 is 62.6 Å². The Labute approximate surface area is 192 Å². The van der Waals surface area contributed by atoms with E-state index >= 15 is 0 Å². The molecule has 3 rings (SSSR count). The first-order valence-corrected chi connectivity index (χ1v) is 10.5. The zero-order chi connectivity index (χ0) is 21.7. The highest BCUT2D eigenvalue weighted by atomic mass is 79.9. The molecule has 0 radical (unpaired) electrons. The predicted molar refractivity (Wildman–Crippen MR) is 125 cm³/mol. The first-order chi connectivity index (χ1) is 14.4. The minimum absolute atomic E-state index is 0.0209. The van der Waals surface area contributed by atoms with Gasteiger partial charge in [-0.05, 0) is 61.5 Å². The Morgan fingerprint density at radius 2 is 1.90 bits per heavy atom. The average molecular weight is 508 g/mol. The van der Waals surface area contributed by atoms with Crippen LogP contribution >= 0.6 is 39.1 Å². The van der Waals surface area contributed by atoms with Crippen LogP contribution < -0.4 is 10.1 Å². The Morgan fingerprint density at radius 3 is 2.57 bits per heavy atom. The third kappa shape index (κ3) is 5.53. The van der Waals surface area contributed by atoms with E-state index in [9.17, 15) is 9.90 Å². The summed E-state index contributed by atoms with van der Waals surface area (Å²) in [5.41, 5.74) is 2.09. The third-order valence-electron chi connectivity index (χ3n) is 4.02. The zero-order valence-electron chi connectivity index (χ0n) is 15.8. The van der Waals surface area contributed by atoms with Gasteiger partial charge in [0.15, 0.2) is 11.5 Å². The van der Waals surface area contributed by atoms with Crippen molar-refractivity contribution in [2.45, 2.75) is 6.92 Å². The lowest BCUT2D eigenvalue weighted by Crippen LogP contribution is -2.12. The summed E-state index contributed by atoms with van der Waals surface area (Å²) in [4.78, 5) is 16.8. The first kappa shape index (κ1) is 22.2. The third-order valence-corrected chi connectivity index (χ3v) is 5.03. The topological polar surface area (TPSA) is 70.9 Å². The van der Waals surface area contributed by atoms with E-state index in [2.05, 4.69) is 26.2 Å². The Hall–Kier alpha value is -2.54. The number of amides is 1. The van der Waals surface area contributed by atoms with Crippen molar-refractivity contribution in [3.63, 3.8) is 0 Å². The maximum absolute atomic E-state index is 12.4. The normalized spacial score (nSPS) is 10.9. The number of halogens is 3. The molecule has 3 aromatic rings. The predicted octanol–water partition coefficient (Wildman–Crippen LogP) is 6.86. The quantitative estimate of drug-likeness (QED) is 0.358. The van der Waals surface area contributed by atoms with Gasteiger partial charge >= 0.3 is 0 Å². The van der Waals surface area contributed by atoms with Crippen molar-refractivity contribution < 1.29 is 14.6 Å². The lowest BCUT2D eigenvalue weighted by atomic mass is 10.2. The summed E-state index contributed by atoms with van der Waals surface area (Å²) >= 11 is 15.3. The molecule has 5 nitrogen and oxygen atoms in total. The number of rotatable bonds is 6. The number of aromatic hydroxyl groups is 1. The number of benzene rings is 3. The highest BCUT2D eigenvalue weighted by molar-refractivity contribution is 9.10. The SMILES string of the molecule is CCOc1cc(Br)cc(C=Nc2ccc(NC(=O)c3ccc(Cl)cc3Cl)cc2)c1O. The summed E-state index contributed by atoms with van der Waals surface area (Å²) in [6, 6.07) is 15.1. The zero-order valence-corrected chi connectivity index (χ0v) is 18.9. The number of carbonyl (C=O) groups excluding carboxylic acids is 1. The van der Waals surface area contributed by atoms with Crippen LogP contribution in [0, 0.1) is 0 Å². The molecular weight excluding hydrogens is 491 g/mol. The Morgan fingerprint density at radius 1 is 1.17 bits per heavy atom. The van der Waals surface area contributed by atoms with Crippen LogP contribution in [0.5, 0.6) is 11.5 Å². The van der Waals surface area contributed by atoms with E-state index in [1.54, 1.807) is 54.7 Å². The monoisotopic (exact) mass is 506 g/mol. The molecule has 3 aromatic carbocycles. The summed E-state index contributed by atoms with van der Waals surface area (Å²) in [6.45, 7) is 2.28. The first-order valence-electron chi connectivity index (χ1n) is 8.93. The van der Waals surface area contributed by atoms with Crippen LogP contribution in [0.3, 0.4) is 0 Å². The summed E-state index contributed by atoms with van der Waals surface area (Å²) in [6.07, 6.45) is 1.55.